The van der Waals surface area contributed by atoms with Crippen LogP contribution < -0.4 is 11.1 Å². The molecule has 2 heteroatoms. The Kier molecular flexibility index (Phi) is 1.08. The first-order valence-electron chi connectivity index (χ1n) is 3.77. The number of nitrogens with two attached hydrogens (primary N) is 1. The standard InChI is InChI=1S/C7H14N2/c1-4-5-2-9-3-6(4)7(5)8/h4-7,9H,2-3,8H2,1H3/t4?,5-,6+,7?. The second kappa shape index (κ2) is 1.70. The van der Waals surface area contributed by atoms with Gasteiger partial charge in [-0.1, -0.05) is 6.92 Å². The largest absolute Gasteiger partial charge is 0.327 e. The van der Waals surface area contributed by atoms with Crippen LogP contribution >= 0.6 is 0 Å². The van der Waals surface area contributed by atoms with E-state index in [9.17, 15) is 0 Å². The lowest BCUT2D eigenvalue weighted by Gasteiger charge is -2.53. The number of hydrogen-bond acceptors (Lipinski definition) is 2. The third-order valence-corrected chi connectivity index (χ3v) is 3.10. The van der Waals surface area contributed by atoms with Crippen molar-refractivity contribution in [2.24, 2.45) is 23.5 Å². The van der Waals surface area contributed by atoms with Crippen molar-refractivity contribution in [3.63, 3.8) is 0 Å². The van der Waals surface area contributed by atoms with Crippen LogP contribution in [0.1, 0.15) is 6.92 Å². The van der Waals surface area contributed by atoms with E-state index in [2.05, 4.69) is 12.2 Å². The molecule has 1 saturated carbocycles. The fourth-order valence-corrected chi connectivity index (χ4v) is 2.25. The van der Waals surface area contributed by atoms with Gasteiger partial charge in [-0.25, -0.2) is 0 Å². The molecule has 0 aromatic rings. The Bertz CT molecular complexity index is 102. The highest BCUT2D eigenvalue weighted by molar-refractivity contribution is 5.03. The van der Waals surface area contributed by atoms with Crippen molar-refractivity contribution in [3.8, 4) is 0 Å². The maximum absolute atomic E-state index is 5.88. The first-order valence-corrected chi connectivity index (χ1v) is 3.77. The predicted molar refractivity (Wildman–Crippen MR) is 37.0 cm³/mol. The Balaban J connectivity index is 2.08. The summed E-state index contributed by atoms with van der Waals surface area (Å²) in [5.41, 5.74) is 5.88. The summed E-state index contributed by atoms with van der Waals surface area (Å²) >= 11 is 0. The molecule has 0 aromatic carbocycles. The van der Waals surface area contributed by atoms with E-state index in [1.165, 1.54) is 0 Å². The van der Waals surface area contributed by atoms with Gasteiger partial charge in [-0.3, -0.25) is 0 Å². The Morgan fingerprint density at radius 3 is 2.11 bits per heavy atom. The van der Waals surface area contributed by atoms with Crippen LogP contribution in [0.2, 0.25) is 0 Å². The predicted octanol–water partition coefficient (Wildman–Crippen LogP) is -0.201. The Morgan fingerprint density at radius 2 is 1.89 bits per heavy atom. The molecule has 0 radical (unpaired) electrons. The molecule has 3 aliphatic rings. The zero-order chi connectivity index (χ0) is 6.43. The van der Waals surface area contributed by atoms with E-state index in [0.29, 0.717) is 6.04 Å². The summed E-state index contributed by atoms with van der Waals surface area (Å²) in [4.78, 5) is 0. The van der Waals surface area contributed by atoms with E-state index >= 15 is 0 Å². The van der Waals surface area contributed by atoms with Crippen molar-refractivity contribution in [1.82, 2.24) is 5.32 Å². The smallest absolute Gasteiger partial charge is 0.0125 e. The van der Waals surface area contributed by atoms with Crippen LogP contribution in [0, 0.1) is 17.8 Å². The quantitative estimate of drug-likeness (QED) is 0.471. The van der Waals surface area contributed by atoms with Gasteiger partial charge in [-0.2, -0.15) is 0 Å². The molecule has 2 unspecified atom stereocenters. The van der Waals surface area contributed by atoms with Gasteiger partial charge in [-0.05, 0) is 30.8 Å². The Morgan fingerprint density at radius 1 is 1.33 bits per heavy atom. The van der Waals surface area contributed by atoms with Crippen LogP contribution in [0.3, 0.4) is 0 Å². The number of hydrogen-bond donors (Lipinski definition) is 2. The number of piperidine rings is 2. The molecule has 2 aliphatic heterocycles. The minimum absolute atomic E-state index is 0.515. The molecule has 4 atom stereocenters. The fraction of sp³-hybridized carbons (Fsp3) is 1.00. The number of nitrogens with one attached hydrogen (secondary N) is 1. The van der Waals surface area contributed by atoms with Crippen LogP contribution in [-0.4, -0.2) is 19.1 Å². The van der Waals surface area contributed by atoms with E-state index in [-0.39, 0.29) is 0 Å². The highest BCUT2D eigenvalue weighted by Gasteiger charge is 2.47. The summed E-state index contributed by atoms with van der Waals surface area (Å²) in [6, 6.07) is 0.515. The van der Waals surface area contributed by atoms with Crippen LogP contribution in [0.5, 0.6) is 0 Å². The first-order chi connectivity index (χ1) is 4.30. The van der Waals surface area contributed by atoms with Crippen molar-refractivity contribution in [2.45, 2.75) is 13.0 Å². The van der Waals surface area contributed by atoms with Gasteiger partial charge in [-0.15, -0.1) is 0 Å². The molecule has 1 aliphatic carbocycles. The molecule has 2 saturated heterocycles. The molecule has 3 N–H and O–H groups in total. The molecule has 3 rings (SSSR count). The summed E-state index contributed by atoms with van der Waals surface area (Å²) in [6.45, 7) is 4.62. The van der Waals surface area contributed by atoms with Gasteiger partial charge in [0.25, 0.3) is 0 Å². The van der Waals surface area contributed by atoms with Crippen molar-refractivity contribution >= 4 is 0 Å². The van der Waals surface area contributed by atoms with E-state index < -0.39 is 0 Å². The number of rotatable bonds is 0. The average molecular weight is 126 g/mol. The topological polar surface area (TPSA) is 38.0 Å². The third-order valence-electron chi connectivity index (χ3n) is 3.10. The summed E-state index contributed by atoms with van der Waals surface area (Å²) in [5, 5.41) is 3.37. The third kappa shape index (κ3) is 0.578. The lowest BCUT2D eigenvalue weighted by atomic mass is 9.59. The summed E-state index contributed by atoms with van der Waals surface area (Å²) in [5.74, 6) is 2.45. The van der Waals surface area contributed by atoms with Crippen LogP contribution in [0.25, 0.3) is 0 Å². The SMILES string of the molecule is CC1[C@H]2CNC[C@@H]1C2N. The second-order valence-corrected chi connectivity index (χ2v) is 3.42. The fourth-order valence-electron chi connectivity index (χ4n) is 2.25. The van der Waals surface area contributed by atoms with E-state index in [1.54, 1.807) is 0 Å². The molecule has 2 heterocycles. The molecule has 0 amide bonds. The van der Waals surface area contributed by atoms with Crippen LogP contribution in [-0.2, 0) is 0 Å². The molecule has 52 valence electrons. The molecule has 3 fully saturated rings. The molecule has 0 aromatic heterocycles. The number of fused-ring (bicyclic) bond motifs is 2. The van der Waals surface area contributed by atoms with Gasteiger partial charge in [0.15, 0.2) is 0 Å². The normalized spacial score (nSPS) is 56.7. The van der Waals surface area contributed by atoms with E-state index in [1.807, 2.05) is 0 Å². The molecule has 2 bridgehead atoms. The van der Waals surface area contributed by atoms with Crippen molar-refractivity contribution in [1.29, 1.82) is 0 Å². The maximum atomic E-state index is 5.88. The van der Waals surface area contributed by atoms with Gasteiger partial charge in [0.05, 0.1) is 0 Å². The average Bonchev–Trinajstić information content (AvgIpc) is 1.91. The Labute approximate surface area is 55.8 Å². The molecule has 2 nitrogen and oxygen atoms in total. The minimum Gasteiger partial charge on any atom is -0.327 e. The summed E-state index contributed by atoms with van der Waals surface area (Å²) in [6.07, 6.45) is 0. The van der Waals surface area contributed by atoms with Gasteiger partial charge in [0.2, 0.25) is 0 Å². The lowest BCUT2D eigenvalue weighted by Crippen LogP contribution is -2.66. The highest BCUT2D eigenvalue weighted by Crippen LogP contribution is 2.40. The zero-order valence-corrected chi connectivity index (χ0v) is 5.80. The van der Waals surface area contributed by atoms with Crippen molar-refractivity contribution in [3.05, 3.63) is 0 Å². The van der Waals surface area contributed by atoms with Gasteiger partial charge in [0.1, 0.15) is 0 Å². The zero-order valence-electron chi connectivity index (χ0n) is 5.80. The first kappa shape index (κ1) is 5.69. The van der Waals surface area contributed by atoms with Gasteiger partial charge in [0, 0.05) is 6.04 Å². The lowest BCUT2D eigenvalue weighted by molar-refractivity contribution is 0.0137. The van der Waals surface area contributed by atoms with Crippen molar-refractivity contribution in [2.75, 3.05) is 13.1 Å². The van der Waals surface area contributed by atoms with Gasteiger partial charge < -0.3 is 11.1 Å². The van der Waals surface area contributed by atoms with Gasteiger partial charge >= 0.3 is 0 Å². The maximum Gasteiger partial charge on any atom is 0.0125 e. The Hall–Kier alpha value is -0.0800. The van der Waals surface area contributed by atoms with E-state index in [0.717, 1.165) is 30.8 Å². The highest BCUT2D eigenvalue weighted by atomic mass is 15.0. The molecular formula is C7H14N2. The monoisotopic (exact) mass is 126 g/mol. The molecule has 0 spiro atoms. The molecule has 9 heavy (non-hydrogen) atoms. The molecular weight excluding hydrogens is 112 g/mol. The van der Waals surface area contributed by atoms with Crippen LogP contribution in [0.4, 0.5) is 0 Å². The second-order valence-electron chi connectivity index (χ2n) is 3.42. The summed E-state index contributed by atoms with van der Waals surface area (Å²) in [7, 11) is 0. The summed E-state index contributed by atoms with van der Waals surface area (Å²) < 4.78 is 0. The van der Waals surface area contributed by atoms with E-state index in [4.69, 9.17) is 5.73 Å². The minimum atomic E-state index is 0.515. The van der Waals surface area contributed by atoms with Crippen molar-refractivity contribution < 1.29 is 0 Å². The van der Waals surface area contributed by atoms with Crippen LogP contribution in [0.15, 0.2) is 0 Å².